The Balaban J connectivity index is 2.10. The Kier molecular flexibility index (Phi) is 4.81. The highest BCUT2D eigenvalue weighted by Crippen LogP contribution is 2.20. The molecular weight excluding hydrogens is 264 g/mol. The van der Waals surface area contributed by atoms with Crippen LogP contribution in [0, 0.1) is 0 Å². The molecule has 4 heteroatoms. The zero-order chi connectivity index (χ0) is 13.5. The fourth-order valence-corrected chi connectivity index (χ4v) is 1.72. The maximum Gasteiger partial charge on any atom is 0.343 e. The van der Waals surface area contributed by atoms with Crippen LogP contribution in [0.1, 0.15) is 15.9 Å². The second-order valence-corrected chi connectivity index (χ2v) is 4.03. The van der Waals surface area contributed by atoms with Crippen LogP contribution in [0.15, 0.2) is 54.6 Å². The van der Waals surface area contributed by atoms with Gasteiger partial charge in [0.05, 0.1) is 0 Å². The largest absolute Gasteiger partial charge is 0.488 e. The van der Waals surface area contributed by atoms with E-state index in [1.165, 1.54) is 0 Å². The van der Waals surface area contributed by atoms with E-state index in [9.17, 15) is 4.79 Å². The molecule has 0 fully saturated rings. The standard InChI is InChI=1S/C15H13ClO3/c16-11-19-15(17)13-8-4-5-9-14(13)18-10-12-6-2-1-3-7-12/h1-9H,10-11H2. The van der Waals surface area contributed by atoms with Crippen LogP contribution in [0.25, 0.3) is 0 Å². The third-order valence-electron chi connectivity index (χ3n) is 2.53. The van der Waals surface area contributed by atoms with E-state index >= 15 is 0 Å². The molecule has 2 rings (SSSR count). The molecule has 98 valence electrons. The molecule has 2 aromatic carbocycles. The van der Waals surface area contributed by atoms with Crippen molar-refractivity contribution in [1.29, 1.82) is 0 Å². The fourth-order valence-electron chi connectivity index (χ4n) is 1.62. The summed E-state index contributed by atoms with van der Waals surface area (Å²) in [6, 6.07) is 16.5. The molecule has 0 amide bonds. The summed E-state index contributed by atoms with van der Waals surface area (Å²) < 4.78 is 10.4. The van der Waals surface area contributed by atoms with E-state index < -0.39 is 5.97 Å². The van der Waals surface area contributed by atoms with Gasteiger partial charge in [-0.15, -0.1) is 0 Å². The molecule has 0 aliphatic carbocycles. The molecule has 0 heterocycles. The Labute approximate surface area is 116 Å². The van der Waals surface area contributed by atoms with Crippen molar-refractivity contribution in [2.75, 3.05) is 6.07 Å². The second-order valence-electron chi connectivity index (χ2n) is 3.81. The average molecular weight is 277 g/mol. The monoisotopic (exact) mass is 276 g/mol. The Morgan fingerprint density at radius 2 is 1.68 bits per heavy atom. The third kappa shape index (κ3) is 3.73. The summed E-state index contributed by atoms with van der Waals surface area (Å²) in [7, 11) is 0. The van der Waals surface area contributed by atoms with Crippen LogP contribution in [0.4, 0.5) is 0 Å². The lowest BCUT2D eigenvalue weighted by atomic mass is 10.2. The molecule has 0 N–H and O–H groups in total. The molecule has 3 nitrogen and oxygen atoms in total. The van der Waals surface area contributed by atoms with E-state index in [4.69, 9.17) is 21.1 Å². The number of ether oxygens (including phenoxy) is 2. The van der Waals surface area contributed by atoms with Crippen LogP contribution < -0.4 is 4.74 Å². The Hall–Kier alpha value is -2.00. The van der Waals surface area contributed by atoms with Gasteiger partial charge in [-0.05, 0) is 17.7 Å². The first-order valence-electron chi connectivity index (χ1n) is 5.80. The van der Waals surface area contributed by atoms with Crippen LogP contribution in [0.5, 0.6) is 5.75 Å². The van der Waals surface area contributed by atoms with Crippen LogP contribution in [0.3, 0.4) is 0 Å². The highest BCUT2D eigenvalue weighted by atomic mass is 35.5. The molecule has 0 aliphatic heterocycles. The summed E-state index contributed by atoms with van der Waals surface area (Å²) in [5, 5.41) is 0. The summed E-state index contributed by atoms with van der Waals surface area (Å²) in [6.45, 7) is 0.395. The molecule has 0 aliphatic rings. The van der Waals surface area contributed by atoms with Gasteiger partial charge in [-0.25, -0.2) is 4.79 Å². The minimum absolute atomic E-state index is 0.175. The van der Waals surface area contributed by atoms with Crippen molar-refractivity contribution < 1.29 is 14.3 Å². The number of para-hydroxylation sites is 1. The second kappa shape index (κ2) is 6.81. The van der Waals surface area contributed by atoms with Gasteiger partial charge < -0.3 is 9.47 Å². The lowest BCUT2D eigenvalue weighted by Crippen LogP contribution is -2.07. The van der Waals surface area contributed by atoms with Gasteiger partial charge in [0.2, 0.25) is 0 Å². The highest BCUT2D eigenvalue weighted by Gasteiger charge is 2.13. The fraction of sp³-hybridized carbons (Fsp3) is 0.133. The Bertz CT molecular complexity index is 540. The van der Waals surface area contributed by atoms with Gasteiger partial charge >= 0.3 is 5.97 Å². The topological polar surface area (TPSA) is 35.5 Å². The number of alkyl halides is 1. The van der Waals surface area contributed by atoms with Crippen molar-refractivity contribution in [2.24, 2.45) is 0 Å². The zero-order valence-electron chi connectivity index (χ0n) is 10.2. The van der Waals surface area contributed by atoms with Crippen molar-refractivity contribution in [2.45, 2.75) is 6.61 Å². The van der Waals surface area contributed by atoms with Crippen molar-refractivity contribution >= 4 is 17.6 Å². The molecular formula is C15H13ClO3. The molecule has 19 heavy (non-hydrogen) atoms. The maximum atomic E-state index is 11.7. The van der Waals surface area contributed by atoms with Crippen molar-refractivity contribution in [1.82, 2.24) is 0 Å². The minimum Gasteiger partial charge on any atom is -0.488 e. The minimum atomic E-state index is -0.487. The van der Waals surface area contributed by atoms with Gasteiger partial charge in [-0.3, -0.25) is 0 Å². The van der Waals surface area contributed by atoms with E-state index in [0.717, 1.165) is 5.56 Å². The molecule has 0 aromatic heterocycles. The van der Waals surface area contributed by atoms with Gasteiger partial charge in [-0.2, -0.15) is 0 Å². The molecule has 2 aromatic rings. The first-order chi connectivity index (χ1) is 9.31. The van der Waals surface area contributed by atoms with Crippen LogP contribution in [-0.4, -0.2) is 12.0 Å². The number of rotatable bonds is 5. The first kappa shape index (κ1) is 13.4. The summed E-state index contributed by atoms with van der Waals surface area (Å²) in [4.78, 5) is 11.7. The van der Waals surface area contributed by atoms with E-state index in [0.29, 0.717) is 17.9 Å². The molecule has 0 atom stereocenters. The van der Waals surface area contributed by atoms with E-state index in [2.05, 4.69) is 0 Å². The van der Waals surface area contributed by atoms with Gasteiger partial charge in [0.25, 0.3) is 0 Å². The number of carbonyl (C=O) groups excluding carboxylic acids is 1. The predicted molar refractivity (Wildman–Crippen MR) is 73.4 cm³/mol. The molecule has 0 unspecified atom stereocenters. The van der Waals surface area contributed by atoms with E-state index in [1.54, 1.807) is 24.3 Å². The zero-order valence-corrected chi connectivity index (χ0v) is 11.0. The Morgan fingerprint density at radius 1 is 1.00 bits per heavy atom. The number of halogens is 1. The number of hydrogen-bond donors (Lipinski definition) is 0. The lowest BCUT2D eigenvalue weighted by Gasteiger charge is -2.10. The van der Waals surface area contributed by atoms with Crippen molar-refractivity contribution in [3.63, 3.8) is 0 Å². The smallest absolute Gasteiger partial charge is 0.343 e. The summed E-state index contributed by atoms with van der Waals surface area (Å²) in [6.07, 6.45) is 0. The van der Waals surface area contributed by atoms with E-state index in [-0.39, 0.29) is 6.07 Å². The van der Waals surface area contributed by atoms with Crippen molar-refractivity contribution in [3.8, 4) is 5.75 Å². The molecule has 0 saturated heterocycles. The normalized spacial score (nSPS) is 9.95. The molecule has 0 spiro atoms. The Morgan fingerprint density at radius 3 is 2.42 bits per heavy atom. The SMILES string of the molecule is O=C(OCCl)c1ccccc1OCc1ccccc1. The number of hydrogen-bond acceptors (Lipinski definition) is 3. The average Bonchev–Trinajstić information content (AvgIpc) is 2.47. The lowest BCUT2D eigenvalue weighted by molar-refractivity contribution is 0.0569. The van der Waals surface area contributed by atoms with Crippen molar-refractivity contribution in [3.05, 3.63) is 65.7 Å². The van der Waals surface area contributed by atoms with Gasteiger partial charge in [0.15, 0.2) is 6.07 Å². The predicted octanol–water partition coefficient (Wildman–Crippen LogP) is 3.62. The summed E-state index contributed by atoms with van der Waals surface area (Å²) >= 11 is 5.39. The van der Waals surface area contributed by atoms with Crippen LogP contribution in [0.2, 0.25) is 0 Å². The first-order valence-corrected chi connectivity index (χ1v) is 6.33. The summed E-state index contributed by atoms with van der Waals surface area (Å²) in [5.41, 5.74) is 1.40. The molecule has 0 bridgehead atoms. The van der Waals surface area contributed by atoms with Crippen LogP contribution >= 0.6 is 11.6 Å². The van der Waals surface area contributed by atoms with Gasteiger partial charge in [0.1, 0.15) is 17.9 Å². The number of benzene rings is 2. The highest BCUT2D eigenvalue weighted by molar-refractivity contribution is 6.17. The van der Waals surface area contributed by atoms with E-state index in [1.807, 2.05) is 30.3 Å². The van der Waals surface area contributed by atoms with Gasteiger partial charge in [-0.1, -0.05) is 54.1 Å². The quantitative estimate of drug-likeness (QED) is 0.618. The number of esters is 1. The number of carbonyl (C=O) groups is 1. The maximum absolute atomic E-state index is 11.7. The van der Waals surface area contributed by atoms with Gasteiger partial charge in [0, 0.05) is 0 Å². The molecule has 0 radical (unpaired) electrons. The summed E-state index contributed by atoms with van der Waals surface area (Å²) in [5.74, 6) is 0.000122. The van der Waals surface area contributed by atoms with Crippen LogP contribution in [-0.2, 0) is 11.3 Å². The third-order valence-corrected chi connectivity index (χ3v) is 2.64. The molecule has 0 saturated carbocycles.